The summed E-state index contributed by atoms with van der Waals surface area (Å²) in [5.74, 6) is 4.54. The van der Waals surface area contributed by atoms with Crippen LogP contribution in [0, 0.1) is 11.8 Å². The normalized spacial score (nSPS) is 21.2. The molecule has 0 aromatic carbocycles. The van der Waals surface area contributed by atoms with Crippen molar-refractivity contribution in [2.24, 2.45) is 5.73 Å². The Labute approximate surface area is 162 Å². The van der Waals surface area contributed by atoms with Gasteiger partial charge in [-0.05, 0) is 43.7 Å². The van der Waals surface area contributed by atoms with Crippen LogP contribution < -0.4 is 5.73 Å². The van der Waals surface area contributed by atoms with E-state index in [2.05, 4.69) is 21.9 Å². The molecule has 0 unspecified atom stereocenters. The lowest BCUT2D eigenvalue weighted by Gasteiger charge is -2.14. The smallest absolute Gasteiger partial charge is 0.269 e. The standard InChI is InChI=1S/C20H21N5O3/c1-24-11-9-20(28,19(24)27)8-6-13-12-14(7-10-22-13)25-16-5-3-2-4-15(16)17(23-25)18(21)26/h7,10,12,28H,2-5,9,11H2,1H3,(H2,21,26)/t20-/m0/s1. The summed E-state index contributed by atoms with van der Waals surface area (Å²) in [7, 11) is 1.64. The first-order chi connectivity index (χ1) is 13.4. The Morgan fingerprint density at radius 1 is 1.36 bits per heavy atom. The highest BCUT2D eigenvalue weighted by molar-refractivity contribution is 5.92. The van der Waals surface area contributed by atoms with E-state index in [1.807, 2.05) is 0 Å². The lowest BCUT2D eigenvalue weighted by atomic mass is 9.95. The molecule has 3 heterocycles. The second-order valence-corrected chi connectivity index (χ2v) is 7.24. The van der Waals surface area contributed by atoms with Gasteiger partial charge in [0.2, 0.25) is 5.60 Å². The molecule has 4 rings (SSSR count). The fourth-order valence-corrected chi connectivity index (χ4v) is 3.77. The van der Waals surface area contributed by atoms with Gasteiger partial charge in [-0.3, -0.25) is 9.59 Å². The summed E-state index contributed by atoms with van der Waals surface area (Å²) in [4.78, 5) is 29.5. The fourth-order valence-electron chi connectivity index (χ4n) is 3.77. The van der Waals surface area contributed by atoms with Crippen molar-refractivity contribution < 1.29 is 14.7 Å². The summed E-state index contributed by atoms with van der Waals surface area (Å²) in [6.07, 6.45) is 5.49. The molecule has 8 nitrogen and oxygen atoms in total. The minimum Gasteiger partial charge on any atom is -0.369 e. The van der Waals surface area contributed by atoms with Gasteiger partial charge in [0.15, 0.2) is 5.69 Å². The third-order valence-electron chi connectivity index (χ3n) is 5.31. The molecule has 1 atom stereocenters. The lowest BCUT2D eigenvalue weighted by molar-refractivity contribution is -0.137. The van der Waals surface area contributed by atoms with Crippen molar-refractivity contribution in [2.75, 3.05) is 13.6 Å². The zero-order valence-corrected chi connectivity index (χ0v) is 15.6. The summed E-state index contributed by atoms with van der Waals surface area (Å²) in [6.45, 7) is 0.465. The van der Waals surface area contributed by atoms with E-state index < -0.39 is 17.4 Å². The van der Waals surface area contributed by atoms with Crippen LogP contribution in [-0.2, 0) is 17.6 Å². The number of rotatable bonds is 2. The molecule has 144 valence electrons. The number of pyridine rings is 1. The maximum atomic E-state index is 12.1. The van der Waals surface area contributed by atoms with Gasteiger partial charge < -0.3 is 15.7 Å². The quantitative estimate of drug-likeness (QED) is 0.723. The molecule has 0 spiro atoms. The lowest BCUT2D eigenvalue weighted by Crippen LogP contribution is -2.37. The number of fused-ring (bicyclic) bond motifs is 1. The minimum absolute atomic E-state index is 0.268. The van der Waals surface area contributed by atoms with Crippen LogP contribution in [0.4, 0.5) is 0 Å². The average Bonchev–Trinajstić information content (AvgIpc) is 3.21. The summed E-state index contributed by atoms with van der Waals surface area (Å²) in [6, 6.07) is 3.51. The van der Waals surface area contributed by atoms with Gasteiger partial charge in [0, 0.05) is 37.5 Å². The second-order valence-electron chi connectivity index (χ2n) is 7.24. The van der Waals surface area contributed by atoms with Crippen LogP contribution in [0.3, 0.4) is 0 Å². The predicted molar refractivity (Wildman–Crippen MR) is 101 cm³/mol. The van der Waals surface area contributed by atoms with Crippen LogP contribution in [0.1, 0.15) is 46.7 Å². The van der Waals surface area contributed by atoms with Crippen LogP contribution in [0.2, 0.25) is 0 Å². The van der Waals surface area contributed by atoms with Crippen LogP contribution in [0.5, 0.6) is 0 Å². The molecule has 1 fully saturated rings. The molecule has 1 aliphatic carbocycles. The van der Waals surface area contributed by atoms with E-state index in [4.69, 9.17) is 5.73 Å². The SMILES string of the molecule is CN1CC[C@@](O)(C#Cc2cc(-n3nc(C(N)=O)c4c3CCCC4)ccn2)C1=O. The largest absolute Gasteiger partial charge is 0.369 e. The summed E-state index contributed by atoms with van der Waals surface area (Å²) >= 11 is 0. The van der Waals surface area contributed by atoms with Crippen LogP contribution in [-0.4, -0.2) is 55.8 Å². The molecule has 8 heteroatoms. The molecule has 0 radical (unpaired) electrons. The Bertz CT molecular complexity index is 1030. The van der Waals surface area contributed by atoms with E-state index in [0.717, 1.165) is 36.9 Å². The van der Waals surface area contributed by atoms with Gasteiger partial charge in [0.1, 0.15) is 5.69 Å². The van der Waals surface area contributed by atoms with Crippen LogP contribution in [0.25, 0.3) is 5.69 Å². The van der Waals surface area contributed by atoms with Crippen LogP contribution >= 0.6 is 0 Å². The topological polar surface area (TPSA) is 114 Å². The van der Waals surface area contributed by atoms with E-state index in [9.17, 15) is 14.7 Å². The van der Waals surface area contributed by atoms with E-state index >= 15 is 0 Å². The number of likely N-dealkylation sites (N-methyl/N-ethyl adjacent to an activating group) is 1. The fraction of sp³-hybridized carbons (Fsp3) is 0.400. The number of hydrogen-bond donors (Lipinski definition) is 2. The van der Waals surface area contributed by atoms with Crippen molar-refractivity contribution in [3.8, 4) is 17.5 Å². The first-order valence-corrected chi connectivity index (χ1v) is 9.27. The Kier molecular flexibility index (Phi) is 4.40. The van der Waals surface area contributed by atoms with Crippen molar-refractivity contribution in [1.82, 2.24) is 19.7 Å². The number of primary amides is 1. The number of hydrogen-bond acceptors (Lipinski definition) is 5. The van der Waals surface area contributed by atoms with Crippen molar-refractivity contribution in [3.63, 3.8) is 0 Å². The molecule has 28 heavy (non-hydrogen) atoms. The Morgan fingerprint density at radius 2 is 2.14 bits per heavy atom. The molecule has 0 saturated carbocycles. The summed E-state index contributed by atoms with van der Waals surface area (Å²) < 4.78 is 1.73. The third kappa shape index (κ3) is 3.04. The van der Waals surface area contributed by atoms with Crippen molar-refractivity contribution in [2.45, 2.75) is 37.7 Å². The van der Waals surface area contributed by atoms with E-state index in [1.54, 1.807) is 30.1 Å². The minimum atomic E-state index is -1.67. The number of carbonyl (C=O) groups is 2. The maximum absolute atomic E-state index is 12.1. The summed E-state index contributed by atoms with van der Waals surface area (Å²) in [5, 5.41) is 14.9. The number of aliphatic hydroxyl groups is 1. The molecule has 1 saturated heterocycles. The third-order valence-corrected chi connectivity index (χ3v) is 5.31. The van der Waals surface area contributed by atoms with Gasteiger partial charge in [0.25, 0.3) is 11.8 Å². The van der Waals surface area contributed by atoms with E-state index in [1.165, 1.54) is 4.90 Å². The van der Waals surface area contributed by atoms with E-state index in [-0.39, 0.29) is 6.42 Å². The van der Waals surface area contributed by atoms with Gasteiger partial charge in [-0.1, -0.05) is 5.92 Å². The van der Waals surface area contributed by atoms with Gasteiger partial charge in [-0.15, -0.1) is 0 Å². The molecule has 0 bridgehead atoms. The van der Waals surface area contributed by atoms with Crippen LogP contribution in [0.15, 0.2) is 18.3 Å². The number of carbonyl (C=O) groups excluding carboxylic acids is 2. The van der Waals surface area contributed by atoms with Crippen molar-refractivity contribution in [3.05, 3.63) is 41.0 Å². The predicted octanol–water partition coefficient (Wildman–Crippen LogP) is 0.190. The highest BCUT2D eigenvalue weighted by atomic mass is 16.3. The summed E-state index contributed by atoms with van der Waals surface area (Å²) in [5.41, 5.74) is 7.17. The molecular weight excluding hydrogens is 358 g/mol. The monoisotopic (exact) mass is 379 g/mol. The molecule has 2 aliphatic rings. The molecule has 3 N–H and O–H groups in total. The molecule has 1 aliphatic heterocycles. The average molecular weight is 379 g/mol. The number of nitrogens with zero attached hydrogens (tertiary/aromatic N) is 4. The van der Waals surface area contributed by atoms with Gasteiger partial charge in [0.05, 0.1) is 5.69 Å². The highest BCUT2D eigenvalue weighted by Gasteiger charge is 2.42. The molecule has 2 aromatic heterocycles. The first-order valence-electron chi connectivity index (χ1n) is 9.27. The molecular formula is C20H21N5O3. The second kappa shape index (κ2) is 6.77. The van der Waals surface area contributed by atoms with Gasteiger partial charge in [-0.2, -0.15) is 5.10 Å². The van der Waals surface area contributed by atoms with E-state index in [0.29, 0.717) is 23.6 Å². The molecule has 2 aromatic rings. The highest BCUT2D eigenvalue weighted by Crippen LogP contribution is 2.27. The number of aromatic nitrogens is 3. The maximum Gasteiger partial charge on any atom is 0.269 e. The number of amides is 2. The Hall–Kier alpha value is -3.18. The Morgan fingerprint density at radius 3 is 2.86 bits per heavy atom. The van der Waals surface area contributed by atoms with Crippen molar-refractivity contribution in [1.29, 1.82) is 0 Å². The first kappa shape index (κ1) is 18.2. The number of nitrogens with two attached hydrogens (primary N) is 1. The van der Waals surface area contributed by atoms with Crippen molar-refractivity contribution >= 4 is 11.8 Å². The number of likely N-dealkylation sites (tertiary alicyclic amines) is 1. The zero-order valence-electron chi connectivity index (χ0n) is 15.6. The zero-order chi connectivity index (χ0) is 19.9. The van der Waals surface area contributed by atoms with Gasteiger partial charge >= 0.3 is 0 Å². The molecule has 2 amide bonds. The van der Waals surface area contributed by atoms with Gasteiger partial charge in [-0.25, -0.2) is 9.67 Å². The Balaban J connectivity index is 1.71.